The third-order valence-electron chi connectivity index (χ3n) is 2.27. The lowest BCUT2D eigenvalue weighted by molar-refractivity contribution is -0.133. The monoisotopic (exact) mass is 296 g/mol. The number of nitrogens with zero attached hydrogens (tertiary/aromatic N) is 2. The highest BCUT2D eigenvalue weighted by atomic mass is 79.9. The summed E-state index contributed by atoms with van der Waals surface area (Å²) in [6.07, 6.45) is -0.0251. The van der Waals surface area contributed by atoms with Gasteiger partial charge in [0.25, 0.3) is 5.91 Å². The number of ether oxygens (including phenoxy) is 1. The number of methoxy groups -OCH3 is 1. The molecule has 0 aromatic heterocycles. The van der Waals surface area contributed by atoms with Gasteiger partial charge in [-0.3, -0.25) is 4.79 Å². The fourth-order valence-electron chi connectivity index (χ4n) is 1.44. The highest BCUT2D eigenvalue weighted by molar-refractivity contribution is 9.10. The van der Waals surface area contributed by atoms with Crippen LogP contribution in [-0.2, 0) is 14.3 Å². The summed E-state index contributed by atoms with van der Waals surface area (Å²) in [4.78, 5) is 22.9. The Morgan fingerprint density at radius 2 is 2.06 bits per heavy atom. The van der Waals surface area contributed by atoms with Gasteiger partial charge in [0.15, 0.2) is 5.71 Å². The van der Waals surface area contributed by atoms with Crippen LogP contribution in [0.25, 0.3) is 0 Å². The largest absolute Gasteiger partial charge is 0.464 e. The van der Waals surface area contributed by atoms with E-state index in [0.29, 0.717) is 5.69 Å². The molecule has 0 spiro atoms. The standard InChI is InChI=1S/C11H9BrN2O3/c1-17-11(16)9-6-10(15)14(13-9)8-4-2-7(12)3-5-8/h2-5H,6H2,1H3. The number of hydrazone groups is 1. The fourth-order valence-corrected chi connectivity index (χ4v) is 1.71. The quantitative estimate of drug-likeness (QED) is 0.781. The molecule has 0 bridgehead atoms. The lowest BCUT2D eigenvalue weighted by Crippen LogP contribution is -2.19. The van der Waals surface area contributed by atoms with Gasteiger partial charge in [-0.05, 0) is 24.3 Å². The predicted octanol–water partition coefficient (Wildman–Crippen LogP) is 1.71. The highest BCUT2D eigenvalue weighted by Gasteiger charge is 2.29. The van der Waals surface area contributed by atoms with Crippen LogP contribution in [0.1, 0.15) is 6.42 Å². The zero-order chi connectivity index (χ0) is 12.4. The van der Waals surface area contributed by atoms with Gasteiger partial charge in [-0.15, -0.1) is 0 Å². The minimum Gasteiger partial charge on any atom is -0.464 e. The van der Waals surface area contributed by atoms with Crippen LogP contribution >= 0.6 is 15.9 Å². The summed E-state index contributed by atoms with van der Waals surface area (Å²) >= 11 is 3.30. The number of rotatable bonds is 2. The van der Waals surface area contributed by atoms with E-state index in [1.54, 1.807) is 24.3 Å². The summed E-state index contributed by atoms with van der Waals surface area (Å²) in [7, 11) is 1.26. The predicted molar refractivity (Wildman–Crippen MR) is 65.7 cm³/mol. The van der Waals surface area contributed by atoms with Gasteiger partial charge in [-0.25, -0.2) is 4.79 Å². The molecule has 0 N–H and O–H groups in total. The van der Waals surface area contributed by atoms with Gasteiger partial charge in [-0.1, -0.05) is 15.9 Å². The number of hydrogen-bond donors (Lipinski definition) is 0. The van der Waals surface area contributed by atoms with Gasteiger partial charge in [-0.2, -0.15) is 10.1 Å². The molecule has 1 aromatic rings. The smallest absolute Gasteiger partial charge is 0.354 e. The highest BCUT2D eigenvalue weighted by Crippen LogP contribution is 2.22. The first-order valence-corrected chi connectivity index (χ1v) is 5.65. The maximum atomic E-state index is 11.7. The number of halogens is 1. The van der Waals surface area contributed by atoms with Crippen molar-refractivity contribution >= 4 is 39.2 Å². The average molecular weight is 297 g/mol. The Bertz CT molecular complexity index is 496. The van der Waals surface area contributed by atoms with E-state index in [1.165, 1.54) is 12.1 Å². The number of anilines is 1. The molecule has 1 aliphatic heterocycles. The molecule has 6 heteroatoms. The van der Waals surface area contributed by atoms with Crippen molar-refractivity contribution in [3.63, 3.8) is 0 Å². The van der Waals surface area contributed by atoms with Crippen LogP contribution in [0.15, 0.2) is 33.8 Å². The van der Waals surface area contributed by atoms with E-state index in [2.05, 4.69) is 25.8 Å². The van der Waals surface area contributed by atoms with Crippen molar-refractivity contribution < 1.29 is 14.3 Å². The van der Waals surface area contributed by atoms with Gasteiger partial charge < -0.3 is 4.74 Å². The normalized spacial score (nSPS) is 14.8. The van der Waals surface area contributed by atoms with E-state index < -0.39 is 5.97 Å². The number of carbonyl (C=O) groups is 2. The number of benzene rings is 1. The zero-order valence-electron chi connectivity index (χ0n) is 9.01. The van der Waals surface area contributed by atoms with E-state index in [-0.39, 0.29) is 18.0 Å². The summed E-state index contributed by atoms with van der Waals surface area (Å²) in [5, 5.41) is 5.16. The van der Waals surface area contributed by atoms with Crippen LogP contribution in [-0.4, -0.2) is 24.7 Å². The van der Waals surface area contributed by atoms with Crippen molar-refractivity contribution in [2.24, 2.45) is 5.10 Å². The Balaban J connectivity index is 2.27. The fraction of sp³-hybridized carbons (Fsp3) is 0.182. The van der Waals surface area contributed by atoms with E-state index in [0.717, 1.165) is 4.47 Å². The minimum absolute atomic E-state index is 0.0251. The third-order valence-corrected chi connectivity index (χ3v) is 2.80. The van der Waals surface area contributed by atoms with Gasteiger partial charge in [0.05, 0.1) is 19.2 Å². The van der Waals surface area contributed by atoms with E-state index >= 15 is 0 Å². The SMILES string of the molecule is COC(=O)C1=NN(c2ccc(Br)cc2)C(=O)C1. The van der Waals surface area contributed by atoms with Crippen molar-refractivity contribution in [3.8, 4) is 0 Å². The number of amides is 1. The van der Waals surface area contributed by atoms with Crippen LogP contribution in [0.5, 0.6) is 0 Å². The zero-order valence-corrected chi connectivity index (χ0v) is 10.6. The Morgan fingerprint density at radius 1 is 1.41 bits per heavy atom. The van der Waals surface area contributed by atoms with Crippen LogP contribution in [0.4, 0.5) is 5.69 Å². The van der Waals surface area contributed by atoms with Gasteiger partial charge in [0.1, 0.15) is 0 Å². The number of carbonyl (C=O) groups excluding carboxylic acids is 2. The second-order valence-corrected chi connectivity index (χ2v) is 4.31. The lowest BCUT2D eigenvalue weighted by Gasteiger charge is -2.10. The van der Waals surface area contributed by atoms with E-state index in [1.807, 2.05) is 0 Å². The first-order chi connectivity index (χ1) is 8.11. The Morgan fingerprint density at radius 3 is 2.65 bits per heavy atom. The van der Waals surface area contributed by atoms with E-state index in [9.17, 15) is 9.59 Å². The molecule has 0 atom stereocenters. The molecule has 0 fully saturated rings. The second kappa shape index (κ2) is 4.67. The lowest BCUT2D eigenvalue weighted by atomic mass is 10.2. The molecule has 0 saturated heterocycles. The molecule has 1 heterocycles. The Hall–Kier alpha value is -1.69. The molecule has 0 aliphatic carbocycles. The second-order valence-electron chi connectivity index (χ2n) is 3.40. The van der Waals surface area contributed by atoms with Crippen molar-refractivity contribution in [1.82, 2.24) is 0 Å². The summed E-state index contributed by atoms with van der Waals surface area (Å²) < 4.78 is 5.44. The first-order valence-electron chi connectivity index (χ1n) is 4.86. The molecule has 88 valence electrons. The number of hydrogen-bond acceptors (Lipinski definition) is 4. The van der Waals surface area contributed by atoms with Crippen molar-refractivity contribution in [1.29, 1.82) is 0 Å². The Kier molecular flexibility index (Phi) is 3.23. The first kappa shape index (κ1) is 11.8. The molecule has 17 heavy (non-hydrogen) atoms. The topological polar surface area (TPSA) is 59.0 Å². The molecule has 0 saturated carbocycles. The number of esters is 1. The minimum atomic E-state index is -0.571. The van der Waals surface area contributed by atoms with Crippen LogP contribution in [0, 0.1) is 0 Å². The van der Waals surface area contributed by atoms with Gasteiger partial charge in [0, 0.05) is 4.47 Å². The summed E-state index contributed by atoms with van der Waals surface area (Å²) in [6.45, 7) is 0. The molecule has 0 unspecified atom stereocenters. The maximum absolute atomic E-state index is 11.7. The van der Waals surface area contributed by atoms with Crippen LogP contribution in [0.3, 0.4) is 0 Å². The maximum Gasteiger partial charge on any atom is 0.354 e. The molecular weight excluding hydrogens is 288 g/mol. The summed E-state index contributed by atoms with van der Waals surface area (Å²) in [5.41, 5.74) is 0.748. The molecule has 2 rings (SSSR count). The molecule has 0 radical (unpaired) electrons. The van der Waals surface area contributed by atoms with Crippen LogP contribution < -0.4 is 5.01 Å². The molecular formula is C11H9BrN2O3. The molecule has 1 aromatic carbocycles. The van der Waals surface area contributed by atoms with Crippen molar-refractivity contribution in [2.75, 3.05) is 12.1 Å². The van der Waals surface area contributed by atoms with Crippen LogP contribution in [0.2, 0.25) is 0 Å². The average Bonchev–Trinajstić information content (AvgIpc) is 2.71. The molecule has 5 nitrogen and oxygen atoms in total. The third kappa shape index (κ3) is 2.36. The Labute approximate surface area is 106 Å². The summed E-state index contributed by atoms with van der Waals surface area (Å²) in [6, 6.07) is 7.08. The van der Waals surface area contributed by atoms with Gasteiger partial charge in [0.2, 0.25) is 0 Å². The van der Waals surface area contributed by atoms with Crippen molar-refractivity contribution in [2.45, 2.75) is 6.42 Å². The molecule has 1 aliphatic rings. The summed E-state index contributed by atoms with van der Waals surface area (Å²) in [5.74, 6) is -0.814. The van der Waals surface area contributed by atoms with Gasteiger partial charge >= 0.3 is 5.97 Å². The van der Waals surface area contributed by atoms with Crippen molar-refractivity contribution in [3.05, 3.63) is 28.7 Å². The molecule has 1 amide bonds. The van der Waals surface area contributed by atoms with E-state index in [4.69, 9.17) is 0 Å².